The van der Waals surface area contributed by atoms with Gasteiger partial charge in [-0.1, -0.05) is 11.6 Å². The van der Waals surface area contributed by atoms with Gasteiger partial charge in [0.25, 0.3) is 0 Å². The molecule has 0 fully saturated rings. The van der Waals surface area contributed by atoms with Crippen molar-refractivity contribution in [3.63, 3.8) is 0 Å². The molecule has 3 aromatic rings. The molecule has 21 heavy (non-hydrogen) atoms. The quantitative estimate of drug-likeness (QED) is 0.775. The summed E-state index contributed by atoms with van der Waals surface area (Å²) >= 11 is 5.93. The molecule has 6 heteroatoms. The summed E-state index contributed by atoms with van der Waals surface area (Å²) in [6, 6.07) is 8.56. The van der Waals surface area contributed by atoms with E-state index in [9.17, 15) is 5.11 Å². The number of benzene rings is 2. The predicted octanol–water partition coefficient (Wildman–Crippen LogP) is 3.61. The third-order valence-corrected chi connectivity index (χ3v) is 3.51. The first-order chi connectivity index (χ1) is 10.1. The Balaban J connectivity index is 2.14. The van der Waals surface area contributed by atoms with Gasteiger partial charge in [0.05, 0.1) is 30.3 Å². The van der Waals surface area contributed by atoms with E-state index in [0.29, 0.717) is 17.3 Å². The number of rotatable bonds is 3. The Morgan fingerprint density at radius 1 is 1.10 bits per heavy atom. The van der Waals surface area contributed by atoms with Crippen LogP contribution in [0.2, 0.25) is 5.02 Å². The van der Waals surface area contributed by atoms with Crippen LogP contribution in [0.4, 0.5) is 0 Å². The highest BCUT2D eigenvalue weighted by molar-refractivity contribution is 6.32. The number of ether oxygens (including phenoxy) is 2. The van der Waals surface area contributed by atoms with Gasteiger partial charge in [0.2, 0.25) is 0 Å². The average Bonchev–Trinajstić information content (AvgIpc) is 2.91. The van der Waals surface area contributed by atoms with Crippen LogP contribution in [0.5, 0.6) is 17.2 Å². The SMILES string of the molecule is COc1cc2nc(-c3ccc(O)c(Cl)c3)[nH]c2cc1OC. The summed E-state index contributed by atoms with van der Waals surface area (Å²) in [5.74, 6) is 1.94. The lowest BCUT2D eigenvalue weighted by Crippen LogP contribution is -1.89. The Morgan fingerprint density at radius 3 is 2.48 bits per heavy atom. The van der Waals surface area contributed by atoms with Crippen LogP contribution in [0.25, 0.3) is 22.4 Å². The molecule has 1 aromatic heterocycles. The van der Waals surface area contributed by atoms with Crippen LogP contribution < -0.4 is 9.47 Å². The molecule has 2 aromatic carbocycles. The highest BCUT2D eigenvalue weighted by Gasteiger charge is 2.11. The van der Waals surface area contributed by atoms with E-state index in [1.165, 1.54) is 6.07 Å². The number of aromatic amines is 1. The van der Waals surface area contributed by atoms with Crippen molar-refractivity contribution in [2.75, 3.05) is 14.2 Å². The topological polar surface area (TPSA) is 67.4 Å². The fraction of sp³-hybridized carbons (Fsp3) is 0.133. The number of hydrogen-bond donors (Lipinski definition) is 2. The lowest BCUT2D eigenvalue weighted by molar-refractivity contribution is 0.356. The number of nitrogens with zero attached hydrogens (tertiary/aromatic N) is 1. The van der Waals surface area contributed by atoms with E-state index < -0.39 is 0 Å². The van der Waals surface area contributed by atoms with Gasteiger partial charge in [-0.05, 0) is 18.2 Å². The molecule has 0 spiro atoms. The number of phenolic OH excluding ortho intramolecular Hbond substituents is 1. The van der Waals surface area contributed by atoms with E-state index in [2.05, 4.69) is 9.97 Å². The second-order valence-corrected chi connectivity index (χ2v) is 4.88. The molecule has 0 amide bonds. The molecule has 0 saturated heterocycles. The largest absolute Gasteiger partial charge is 0.506 e. The number of H-pyrrole nitrogens is 1. The first-order valence-electron chi connectivity index (χ1n) is 6.23. The Morgan fingerprint density at radius 2 is 1.81 bits per heavy atom. The molecule has 0 saturated carbocycles. The van der Waals surface area contributed by atoms with Crippen molar-refractivity contribution in [3.05, 3.63) is 35.4 Å². The monoisotopic (exact) mass is 304 g/mol. The normalized spacial score (nSPS) is 10.8. The third-order valence-electron chi connectivity index (χ3n) is 3.21. The summed E-state index contributed by atoms with van der Waals surface area (Å²) in [7, 11) is 3.16. The molecule has 0 aliphatic carbocycles. The van der Waals surface area contributed by atoms with Crippen LogP contribution in [0, 0.1) is 0 Å². The second kappa shape index (κ2) is 5.18. The van der Waals surface area contributed by atoms with Crippen molar-refractivity contribution in [1.82, 2.24) is 9.97 Å². The van der Waals surface area contributed by atoms with E-state index in [-0.39, 0.29) is 10.8 Å². The van der Waals surface area contributed by atoms with E-state index >= 15 is 0 Å². The van der Waals surface area contributed by atoms with Crippen LogP contribution in [-0.2, 0) is 0 Å². The minimum atomic E-state index is 0.0415. The van der Waals surface area contributed by atoms with Gasteiger partial charge >= 0.3 is 0 Å². The van der Waals surface area contributed by atoms with Crippen molar-refractivity contribution in [3.8, 4) is 28.6 Å². The van der Waals surface area contributed by atoms with Gasteiger partial charge in [0, 0.05) is 17.7 Å². The van der Waals surface area contributed by atoms with E-state index in [4.69, 9.17) is 21.1 Å². The second-order valence-electron chi connectivity index (χ2n) is 4.48. The first-order valence-corrected chi connectivity index (χ1v) is 6.61. The van der Waals surface area contributed by atoms with Crippen molar-refractivity contribution in [1.29, 1.82) is 0 Å². The number of aromatic hydroxyl groups is 1. The van der Waals surface area contributed by atoms with E-state index in [0.717, 1.165) is 16.6 Å². The number of phenols is 1. The molecule has 2 N–H and O–H groups in total. The van der Waals surface area contributed by atoms with Gasteiger partial charge in [-0.15, -0.1) is 0 Å². The molecular formula is C15H13ClN2O3. The van der Waals surface area contributed by atoms with Crippen LogP contribution in [-0.4, -0.2) is 29.3 Å². The number of hydrogen-bond acceptors (Lipinski definition) is 4. The van der Waals surface area contributed by atoms with Gasteiger partial charge < -0.3 is 19.6 Å². The lowest BCUT2D eigenvalue weighted by Gasteiger charge is -2.06. The zero-order chi connectivity index (χ0) is 15.0. The molecular weight excluding hydrogens is 292 g/mol. The molecule has 0 aliphatic heterocycles. The van der Waals surface area contributed by atoms with Crippen LogP contribution in [0.15, 0.2) is 30.3 Å². The highest BCUT2D eigenvalue weighted by Crippen LogP contribution is 2.33. The van der Waals surface area contributed by atoms with Gasteiger partial charge in [0.15, 0.2) is 11.5 Å². The van der Waals surface area contributed by atoms with Crippen molar-refractivity contribution in [2.45, 2.75) is 0 Å². The lowest BCUT2D eigenvalue weighted by atomic mass is 10.2. The number of halogens is 1. The van der Waals surface area contributed by atoms with Crippen LogP contribution in [0.3, 0.4) is 0 Å². The number of imidazole rings is 1. The number of methoxy groups -OCH3 is 2. The Bertz CT molecular complexity index is 773. The number of aromatic nitrogens is 2. The van der Waals surface area contributed by atoms with Gasteiger partial charge in [-0.3, -0.25) is 0 Å². The number of nitrogens with one attached hydrogen (secondary N) is 1. The molecule has 0 atom stereocenters. The summed E-state index contributed by atoms with van der Waals surface area (Å²) in [6.45, 7) is 0. The minimum Gasteiger partial charge on any atom is -0.506 e. The Labute approximate surface area is 126 Å². The van der Waals surface area contributed by atoms with Gasteiger partial charge in [0.1, 0.15) is 11.6 Å². The molecule has 3 rings (SSSR count). The van der Waals surface area contributed by atoms with Crippen molar-refractivity contribution in [2.24, 2.45) is 0 Å². The maximum absolute atomic E-state index is 9.47. The molecule has 0 radical (unpaired) electrons. The van der Waals surface area contributed by atoms with Crippen LogP contribution >= 0.6 is 11.6 Å². The predicted molar refractivity (Wildman–Crippen MR) is 81.3 cm³/mol. The molecule has 0 unspecified atom stereocenters. The summed E-state index contributed by atoms with van der Waals surface area (Å²) < 4.78 is 10.5. The standard InChI is InChI=1S/C15H13ClN2O3/c1-20-13-6-10-11(7-14(13)21-2)18-15(17-10)8-3-4-12(19)9(16)5-8/h3-7,19H,1-2H3,(H,17,18). The summed E-state index contributed by atoms with van der Waals surface area (Å²) in [5.41, 5.74) is 2.37. The first kappa shape index (κ1) is 13.6. The zero-order valence-corrected chi connectivity index (χ0v) is 12.2. The maximum Gasteiger partial charge on any atom is 0.163 e. The molecule has 0 bridgehead atoms. The van der Waals surface area contributed by atoms with Gasteiger partial charge in [-0.2, -0.15) is 0 Å². The highest BCUT2D eigenvalue weighted by atomic mass is 35.5. The Hall–Kier alpha value is -2.40. The summed E-state index contributed by atoms with van der Waals surface area (Å²) in [4.78, 5) is 7.70. The van der Waals surface area contributed by atoms with Crippen LogP contribution in [0.1, 0.15) is 0 Å². The molecule has 108 valence electrons. The average molecular weight is 305 g/mol. The zero-order valence-electron chi connectivity index (χ0n) is 11.5. The van der Waals surface area contributed by atoms with Gasteiger partial charge in [-0.25, -0.2) is 4.98 Å². The number of fused-ring (bicyclic) bond motifs is 1. The fourth-order valence-corrected chi connectivity index (χ4v) is 2.31. The fourth-order valence-electron chi connectivity index (χ4n) is 2.13. The smallest absolute Gasteiger partial charge is 0.163 e. The molecule has 1 heterocycles. The van der Waals surface area contributed by atoms with E-state index in [1.54, 1.807) is 32.4 Å². The maximum atomic E-state index is 9.47. The summed E-state index contributed by atoms with van der Waals surface area (Å²) in [6.07, 6.45) is 0. The molecule has 0 aliphatic rings. The van der Waals surface area contributed by atoms with Crippen molar-refractivity contribution >= 4 is 22.6 Å². The minimum absolute atomic E-state index is 0.0415. The molecule has 5 nitrogen and oxygen atoms in total. The summed E-state index contributed by atoms with van der Waals surface area (Å²) in [5, 5.41) is 9.75. The Kier molecular flexibility index (Phi) is 3.35. The van der Waals surface area contributed by atoms with E-state index in [1.807, 2.05) is 6.07 Å². The van der Waals surface area contributed by atoms with Crippen molar-refractivity contribution < 1.29 is 14.6 Å². The third kappa shape index (κ3) is 2.36.